The van der Waals surface area contributed by atoms with E-state index in [0.717, 1.165) is 34.9 Å². The molecule has 0 atom stereocenters. The Bertz CT molecular complexity index is 1380. The summed E-state index contributed by atoms with van der Waals surface area (Å²) < 4.78 is 0. The maximum absolute atomic E-state index is 13.1. The van der Waals surface area contributed by atoms with Gasteiger partial charge in [-0.2, -0.15) is 0 Å². The summed E-state index contributed by atoms with van der Waals surface area (Å²) in [6, 6.07) is 25.8. The van der Waals surface area contributed by atoms with E-state index in [0.29, 0.717) is 36.8 Å². The predicted octanol–water partition coefficient (Wildman–Crippen LogP) is 5.97. The lowest BCUT2D eigenvalue weighted by molar-refractivity contribution is 0.0746. The van der Waals surface area contributed by atoms with E-state index >= 15 is 0 Å². The SMILES string of the molecule is Cc1cccc(Cc2c(C)nc(-c3ccccc3)nc2N2CCN(C(=O)c3cccc(Cl)c3)CC2)c1. The molecule has 1 fully saturated rings. The molecule has 5 nitrogen and oxygen atoms in total. The molecule has 0 spiro atoms. The van der Waals surface area contributed by atoms with Crippen LogP contribution in [0.5, 0.6) is 0 Å². The van der Waals surface area contributed by atoms with Crippen molar-refractivity contribution in [1.29, 1.82) is 0 Å². The van der Waals surface area contributed by atoms with Crippen LogP contribution in [0, 0.1) is 13.8 Å². The molecule has 1 aliphatic heterocycles. The first kappa shape index (κ1) is 24.0. The van der Waals surface area contributed by atoms with Crippen LogP contribution >= 0.6 is 11.6 Å². The highest BCUT2D eigenvalue weighted by molar-refractivity contribution is 6.30. The van der Waals surface area contributed by atoms with E-state index in [1.807, 2.05) is 47.4 Å². The number of amides is 1. The van der Waals surface area contributed by atoms with Crippen LogP contribution in [-0.4, -0.2) is 47.0 Å². The summed E-state index contributed by atoms with van der Waals surface area (Å²) in [5.41, 5.74) is 6.22. The minimum absolute atomic E-state index is 0.0148. The van der Waals surface area contributed by atoms with E-state index in [-0.39, 0.29) is 5.91 Å². The monoisotopic (exact) mass is 496 g/mol. The third kappa shape index (κ3) is 5.26. The van der Waals surface area contributed by atoms with Gasteiger partial charge < -0.3 is 9.80 Å². The molecule has 5 rings (SSSR count). The summed E-state index contributed by atoms with van der Waals surface area (Å²) in [7, 11) is 0. The van der Waals surface area contributed by atoms with Gasteiger partial charge in [0.25, 0.3) is 5.91 Å². The van der Waals surface area contributed by atoms with Crippen LogP contribution in [-0.2, 0) is 6.42 Å². The number of halogens is 1. The molecule has 182 valence electrons. The van der Waals surface area contributed by atoms with E-state index in [1.54, 1.807) is 12.1 Å². The van der Waals surface area contributed by atoms with Gasteiger partial charge in [-0.3, -0.25) is 4.79 Å². The van der Waals surface area contributed by atoms with Crippen molar-refractivity contribution in [2.75, 3.05) is 31.1 Å². The lowest BCUT2D eigenvalue weighted by atomic mass is 10.0. The van der Waals surface area contributed by atoms with Gasteiger partial charge in [0.2, 0.25) is 0 Å². The number of nitrogens with zero attached hydrogens (tertiary/aromatic N) is 4. The fourth-order valence-electron chi connectivity index (χ4n) is 4.72. The van der Waals surface area contributed by atoms with E-state index in [1.165, 1.54) is 11.1 Å². The lowest BCUT2D eigenvalue weighted by Crippen LogP contribution is -2.49. The van der Waals surface area contributed by atoms with Gasteiger partial charge in [-0.15, -0.1) is 0 Å². The molecule has 0 saturated carbocycles. The second kappa shape index (κ2) is 10.5. The Labute approximate surface area is 217 Å². The van der Waals surface area contributed by atoms with Crippen LogP contribution in [0.15, 0.2) is 78.9 Å². The minimum atomic E-state index is 0.0148. The maximum Gasteiger partial charge on any atom is 0.254 e. The summed E-state index contributed by atoms with van der Waals surface area (Å²) in [5, 5.41) is 0.574. The first-order valence-corrected chi connectivity index (χ1v) is 12.6. The number of benzene rings is 3. The number of carbonyl (C=O) groups excluding carboxylic acids is 1. The number of hydrogen-bond acceptors (Lipinski definition) is 4. The molecule has 0 unspecified atom stereocenters. The summed E-state index contributed by atoms with van der Waals surface area (Å²) in [6.07, 6.45) is 0.763. The largest absolute Gasteiger partial charge is 0.353 e. The number of aromatic nitrogens is 2. The van der Waals surface area contributed by atoms with Crippen LogP contribution in [0.25, 0.3) is 11.4 Å². The summed E-state index contributed by atoms with van der Waals surface area (Å²) in [6.45, 7) is 6.84. The molecule has 36 heavy (non-hydrogen) atoms. The summed E-state index contributed by atoms with van der Waals surface area (Å²) >= 11 is 6.11. The molecule has 0 radical (unpaired) electrons. The van der Waals surface area contributed by atoms with E-state index in [9.17, 15) is 4.79 Å². The average molecular weight is 497 g/mol. The summed E-state index contributed by atoms with van der Waals surface area (Å²) in [4.78, 5) is 27.2. The maximum atomic E-state index is 13.1. The molecule has 1 aliphatic rings. The Morgan fingerprint density at radius 1 is 0.861 bits per heavy atom. The predicted molar refractivity (Wildman–Crippen MR) is 146 cm³/mol. The van der Waals surface area contributed by atoms with Gasteiger partial charge in [0, 0.05) is 60.0 Å². The molecule has 1 aromatic heterocycles. The second-order valence-corrected chi connectivity index (χ2v) is 9.69. The number of carbonyl (C=O) groups is 1. The van der Waals surface area contributed by atoms with Crippen LogP contribution < -0.4 is 4.90 Å². The number of piperazine rings is 1. The quantitative estimate of drug-likeness (QED) is 0.341. The standard InChI is InChI=1S/C30H29ClN4O/c1-21-8-6-9-23(18-21)19-27-22(2)32-28(24-10-4-3-5-11-24)33-29(27)34-14-16-35(17-15-34)30(36)25-12-7-13-26(31)20-25/h3-13,18,20H,14-17,19H2,1-2H3. The number of rotatable bonds is 5. The van der Waals surface area contributed by atoms with E-state index in [4.69, 9.17) is 21.6 Å². The molecule has 1 saturated heterocycles. The third-order valence-electron chi connectivity index (χ3n) is 6.63. The number of hydrogen-bond donors (Lipinski definition) is 0. The van der Waals surface area contributed by atoms with E-state index in [2.05, 4.69) is 43.0 Å². The van der Waals surface area contributed by atoms with Crippen molar-refractivity contribution in [3.8, 4) is 11.4 Å². The van der Waals surface area contributed by atoms with Crippen molar-refractivity contribution in [3.63, 3.8) is 0 Å². The fourth-order valence-corrected chi connectivity index (χ4v) is 4.91. The Morgan fingerprint density at radius 3 is 2.33 bits per heavy atom. The van der Waals surface area contributed by atoms with Crippen molar-refractivity contribution < 1.29 is 4.79 Å². The van der Waals surface area contributed by atoms with Crippen molar-refractivity contribution in [3.05, 3.63) is 112 Å². The first-order valence-electron chi connectivity index (χ1n) is 12.3. The van der Waals surface area contributed by atoms with Crippen molar-refractivity contribution >= 4 is 23.3 Å². The highest BCUT2D eigenvalue weighted by Gasteiger charge is 2.26. The van der Waals surface area contributed by atoms with Crippen LogP contribution in [0.4, 0.5) is 5.82 Å². The molecule has 6 heteroatoms. The highest BCUT2D eigenvalue weighted by atomic mass is 35.5. The topological polar surface area (TPSA) is 49.3 Å². The molecule has 0 bridgehead atoms. The second-order valence-electron chi connectivity index (χ2n) is 9.26. The average Bonchev–Trinajstić information content (AvgIpc) is 2.90. The molecular formula is C30H29ClN4O. The third-order valence-corrected chi connectivity index (χ3v) is 6.86. The molecule has 1 amide bonds. The zero-order valence-electron chi connectivity index (χ0n) is 20.6. The van der Waals surface area contributed by atoms with Crippen molar-refractivity contribution in [1.82, 2.24) is 14.9 Å². The zero-order valence-corrected chi connectivity index (χ0v) is 21.4. The minimum Gasteiger partial charge on any atom is -0.353 e. The van der Waals surface area contributed by atoms with Gasteiger partial charge in [-0.1, -0.05) is 77.8 Å². The molecule has 0 N–H and O–H groups in total. The molecular weight excluding hydrogens is 468 g/mol. The fraction of sp³-hybridized carbons (Fsp3) is 0.233. The van der Waals surface area contributed by atoms with E-state index < -0.39 is 0 Å². The Balaban J connectivity index is 1.44. The van der Waals surface area contributed by atoms with Crippen molar-refractivity contribution in [2.24, 2.45) is 0 Å². The summed E-state index contributed by atoms with van der Waals surface area (Å²) in [5.74, 6) is 1.70. The van der Waals surface area contributed by atoms with Gasteiger partial charge in [-0.05, 0) is 37.6 Å². The number of anilines is 1. The van der Waals surface area contributed by atoms with Crippen molar-refractivity contribution in [2.45, 2.75) is 20.3 Å². The van der Waals surface area contributed by atoms with Gasteiger partial charge >= 0.3 is 0 Å². The normalized spacial score (nSPS) is 13.6. The van der Waals surface area contributed by atoms with Crippen LogP contribution in [0.1, 0.15) is 32.7 Å². The van der Waals surface area contributed by atoms with Crippen LogP contribution in [0.2, 0.25) is 5.02 Å². The number of aryl methyl sites for hydroxylation is 2. The Kier molecular flexibility index (Phi) is 7.01. The van der Waals surface area contributed by atoms with Gasteiger partial charge in [0.15, 0.2) is 5.82 Å². The van der Waals surface area contributed by atoms with Gasteiger partial charge in [-0.25, -0.2) is 9.97 Å². The molecule has 4 aromatic rings. The zero-order chi connectivity index (χ0) is 25.1. The Morgan fingerprint density at radius 2 is 1.61 bits per heavy atom. The van der Waals surface area contributed by atoms with Crippen LogP contribution in [0.3, 0.4) is 0 Å². The Hall–Kier alpha value is -3.70. The smallest absolute Gasteiger partial charge is 0.254 e. The molecule has 3 aromatic carbocycles. The van der Waals surface area contributed by atoms with Gasteiger partial charge in [0.05, 0.1) is 0 Å². The first-order chi connectivity index (χ1) is 17.5. The van der Waals surface area contributed by atoms with Gasteiger partial charge in [0.1, 0.15) is 5.82 Å². The molecule has 2 heterocycles. The highest BCUT2D eigenvalue weighted by Crippen LogP contribution is 2.29. The molecule has 0 aliphatic carbocycles. The lowest BCUT2D eigenvalue weighted by Gasteiger charge is -2.36.